The summed E-state index contributed by atoms with van der Waals surface area (Å²) < 4.78 is 2.26. The molecule has 8 nitrogen and oxygen atoms in total. The van der Waals surface area contributed by atoms with Crippen molar-refractivity contribution in [3.05, 3.63) is 535 Å². The second-order valence-corrected chi connectivity index (χ2v) is 36.1. The molecule has 668 valence electrons. The van der Waals surface area contributed by atoms with E-state index in [-0.39, 0.29) is 0 Å². The Bertz CT molecular complexity index is 9460. The molecule has 27 aromatic rings. The minimum absolute atomic E-state index is 0.849. The fourth-order valence-electron chi connectivity index (χ4n) is 20.9. The summed E-state index contributed by atoms with van der Waals surface area (Å²) in [4.78, 5) is 32.6. The molecule has 7 heterocycles. The third-order valence-electron chi connectivity index (χ3n) is 27.7. The summed E-state index contributed by atoms with van der Waals surface area (Å²) in [7, 11) is 0. The van der Waals surface area contributed by atoms with Crippen LogP contribution in [0.15, 0.2) is 535 Å². The molecule has 8 heteroatoms. The highest BCUT2D eigenvalue weighted by Crippen LogP contribution is 2.51. The lowest BCUT2D eigenvalue weighted by molar-refractivity contribution is 1.10. The van der Waals surface area contributed by atoms with Crippen LogP contribution in [0.2, 0.25) is 0 Å². The van der Waals surface area contributed by atoms with E-state index in [1.165, 1.54) is 137 Å². The van der Waals surface area contributed by atoms with E-state index in [4.69, 9.17) is 15.0 Å². The lowest BCUT2D eigenvalue weighted by atomic mass is 9.84. The summed E-state index contributed by atoms with van der Waals surface area (Å²) in [6, 6.07) is 173. The Morgan fingerprint density at radius 3 is 1.02 bits per heavy atom. The lowest BCUT2D eigenvalue weighted by Crippen LogP contribution is -1.97. The van der Waals surface area contributed by atoms with Crippen LogP contribution < -0.4 is 0 Å². The van der Waals surface area contributed by atoms with Crippen LogP contribution in [0.4, 0.5) is 0 Å². The predicted octanol–water partition coefficient (Wildman–Crippen LogP) is 35.3. The molecule has 0 aliphatic heterocycles. The zero-order chi connectivity index (χ0) is 94.9. The lowest BCUT2D eigenvalue weighted by Gasteiger charge is -2.19. The van der Waals surface area contributed by atoms with Crippen molar-refractivity contribution >= 4 is 97.2 Å². The van der Waals surface area contributed by atoms with E-state index in [9.17, 15) is 0 Å². The molecule has 0 amide bonds. The number of hydrogen-bond donors (Lipinski definition) is 0. The van der Waals surface area contributed by atoms with Gasteiger partial charge in [0.05, 0.1) is 33.8 Å². The molecule has 0 fully saturated rings. The number of benzene rings is 20. The molecule has 0 atom stereocenters. The van der Waals surface area contributed by atoms with Gasteiger partial charge in [-0.25, -0.2) is 4.98 Å². The molecule has 0 unspecified atom stereocenters. The monoisotopic (exact) mass is 1820 g/mol. The molecule has 0 saturated carbocycles. The highest BCUT2D eigenvalue weighted by molar-refractivity contribution is 6.26. The summed E-state index contributed by atoms with van der Waals surface area (Å²) in [6.07, 6.45) is 15.0. The molecule has 0 aliphatic carbocycles. The zero-order valence-corrected chi connectivity index (χ0v) is 77.9. The molecule has 27 rings (SSSR count). The Hall–Kier alpha value is -19.2. The maximum atomic E-state index is 5.12. The van der Waals surface area contributed by atoms with Crippen LogP contribution in [0, 0.1) is 0 Å². The smallest absolute Gasteiger partial charge is 0.145 e. The first-order chi connectivity index (χ1) is 70.9. The number of aromatic nitrogens is 8. The van der Waals surface area contributed by atoms with Crippen LogP contribution >= 0.6 is 0 Å². The first-order valence-corrected chi connectivity index (χ1v) is 48.4. The van der Waals surface area contributed by atoms with Gasteiger partial charge < -0.3 is 0 Å². The predicted molar refractivity (Wildman–Crippen MR) is 597 cm³/mol. The van der Waals surface area contributed by atoms with Gasteiger partial charge in [0.2, 0.25) is 0 Å². The summed E-state index contributed by atoms with van der Waals surface area (Å²) in [5, 5.41) is 19.5. The number of nitrogens with zero attached hydrogens (tertiary/aromatic N) is 8. The Labute approximate surface area is 828 Å². The van der Waals surface area contributed by atoms with Gasteiger partial charge in [0.1, 0.15) is 5.82 Å². The van der Waals surface area contributed by atoms with Gasteiger partial charge in [0, 0.05) is 83.1 Å². The van der Waals surface area contributed by atoms with Crippen LogP contribution in [0.3, 0.4) is 0 Å². The van der Waals surface area contributed by atoms with Crippen LogP contribution in [0.5, 0.6) is 0 Å². The summed E-state index contributed by atoms with van der Waals surface area (Å²) >= 11 is 0. The van der Waals surface area contributed by atoms with Crippen molar-refractivity contribution in [2.75, 3.05) is 0 Å². The molecule has 0 aliphatic rings. The first kappa shape index (κ1) is 85.5. The normalized spacial score (nSPS) is 11.4. The van der Waals surface area contributed by atoms with Gasteiger partial charge in [-0.05, 0) is 314 Å². The summed E-state index contributed by atoms with van der Waals surface area (Å²) in [6.45, 7) is 0. The minimum atomic E-state index is 0.849. The Morgan fingerprint density at radius 1 is 0.154 bits per heavy atom. The zero-order valence-electron chi connectivity index (χ0n) is 77.9. The van der Waals surface area contributed by atoms with Crippen LogP contribution in [0.1, 0.15) is 0 Å². The Kier molecular flexibility index (Phi) is 22.6. The fourth-order valence-corrected chi connectivity index (χ4v) is 20.9. The number of pyridine rings is 6. The van der Waals surface area contributed by atoms with Crippen molar-refractivity contribution in [2.45, 2.75) is 0 Å². The van der Waals surface area contributed by atoms with E-state index in [1.807, 2.05) is 85.8 Å². The highest BCUT2D eigenvalue weighted by Gasteiger charge is 2.25. The maximum absolute atomic E-state index is 5.12. The minimum Gasteiger partial charge on any atom is -0.292 e. The number of hydrogen-bond acceptors (Lipinski definition) is 7. The second-order valence-electron chi connectivity index (χ2n) is 36.1. The Morgan fingerprint density at radius 2 is 0.510 bits per heavy atom. The van der Waals surface area contributed by atoms with E-state index in [1.54, 1.807) is 6.20 Å². The molecular formula is C135H88N8. The van der Waals surface area contributed by atoms with Crippen molar-refractivity contribution < 1.29 is 0 Å². The van der Waals surface area contributed by atoms with Gasteiger partial charge in [-0.2, -0.15) is 0 Å². The van der Waals surface area contributed by atoms with E-state index >= 15 is 0 Å². The number of imidazole rings is 1. The molecule has 0 saturated heterocycles. The van der Waals surface area contributed by atoms with Gasteiger partial charge in [-0.1, -0.05) is 358 Å². The first-order valence-electron chi connectivity index (χ1n) is 48.4. The molecule has 0 N–H and O–H groups in total. The van der Waals surface area contributed by atoms with Crippen LogP contribution in [0.25, 0.3) is 259 Å². The molecule has 0 radical (unpaired) electrons. The third-order valence-corrected chi connectivity index (χ3v) is 27.7. The summed E-state index contributed by atoms with van der Waals surface area (Å²) in [5.74, 6) is 0.933. The average Bonchev–Trinajstić information content (AvgIpc) is 1.12. The molecule has 0 spiro atoms. The van der Waals surface area contributed by atoms with Gasteiger partial charge in [0.25, 0.3) is 0 Å². The molecule has 0 bridgehead atoms. The highest BCUT2D eigenvalue weighted by atomic mass is 15.1. The SMILES string of the molecule is c1ccc(-c2ccc3c(-c4ccc(-c5ccccn5)cn4)c4ccccc4c(-c4ccc(-c5ccccn5)nc4)c3c2)cc1.c1ccc(-c2ccc3c(-c4cccc(-c5cccnc5)c4)c4ccccc4c(-c4cccc(-c5ccncc5)c4)c3c2)cc1.c1ccc(-n2c(-c3ccc(-c4ccc5c(-c6ccc7ccccc7c6)c6ccccc6c(-c6ccc7ccccc7c6)c5c4)cc3)nc3ccccc32)cc1. The van der Waals surface area contributed by atoms with Gasteiger partial charge in [0.15, 0.2) is 0 Å². The maximum Gasteiger partial charge on any atom is 0.145 e. The van der Waals surface area contributed by atoms with Crippen molar-refractivity contribution in [3.63, 3.8) is 0 Å². The molecule has 143 heavy (non-hydrogen) atoms. The van der Waals surface area contributed by atoms with Crippen molar-refractivity contribution in [2.24, 2.45) is 0 Å². The van der Waals surface area contributed by atoms with Gasteiger partial charge >= 0.3 is 0 Å². The number of rotatable bonds is 15. The number of fused-ring (bicyclic) bond motifs is 9. The Balaban J connectivity index is 0.000000114. The van der Waals surface area contributed by atoms with Crippen molar-refractivity contribution in [3.8, 4) is 162 Å². The fraction of sp³-hybridized carbons (Fsp3) is 0. The van der Waals surface area contributed by atoms with Crippen molar-refractivity contribution in [1.29, 1.82) is 0 Å². The van der Waals surface area contributed by atoms with Crippen molar-refractivity contribution in [1.82, 2.24) is 39.5 Å². The van der Waals surface area contributed by atoms with Gasteiger partial charge in [-0.3, -0.25) is 34.5 Å². The van der Waals surface area contributed by atoms with E-state index in [0.717, 1.165) is 123 Å². The molecular weight excluding hydrogens is 1730 g/mol. The second kappa shape index (κ2) is 37.7. The standard InChI is InChI=1S/C53H34N2.C42H28N2.C40H26N4/c1-2-16-44(17-3-1)55-50-21-11-10-20-49(50)54-53(55)38-26-22-37(23-27-38)41-30-31-47-48(34-41)52(43-29-25-36-13-5-7-15-40(36)33-43)46-19-9-8-18-45(46)51(47)42-28-24-35-12-4-6-14-39(35)32-42;1-2-9-29(10-3-1)33-18-19-39-40(27-33)42(35-14-6-11-31(25-35)30-20-23-43-24-21-30)38-17-5-4-16-37(38)41(39)34-13-7-12-32(26-34)36-15-8-22-44-28-36;1-2-10-27(11-3-1)28-16-19-33-34(24-28)39(30-18-20-37(43-26-30)36-15-7-9-23-42-36)31-12-4-5-13-32(31)40(33)38-21-17-29(25-44-38)35-14-6-8-22-41-35/h1-34H;1-28H;1-26H. The van der Waals surface area contributed by atoms with E-state index in [2.05, 4.69) is 467 Å². The molecule has 7 aromatic heterocycles. The quantitative estimate of drug-likeness (QED) is 0.0944. The van der Waals surface area contributed by atoms with Gasteiger partial charge in [-0.15, -0.1) is 0 Å². The van der Waals surface area contributed by atoms with Crippen LogP contribution in [-0.4, -0.2) is 39.5 Å². The number of para-hydroxylation sites is 3. The largest absolute Gasteiger partial charge is 0.292 e. The van der Waals surface area contributed by atoms with E-state index < -0.39 is 0 Å². The average molecular weight is 1820 g/mol. The van der Waals surface area contributed by atoms with Crippen LogP contribution in [-0.2, 0) is 0 Å². The third kappa shape index (κ3) is 16.5. The van der Waals surface area contributed by atoms with E-state index in [0.29, 0.717) is 0 Å². The summed E-state index contributed by atoms with van der Waals surface area (Å²) in [5.41, 5.74) is 33.7. The topological polar surface area (TPSA) is 95.2 Å². The molecule has 20 aromatic carbocycles.